The first-order valence-corrected chi connectivity index (χ1v) is 5.70. The number of ether oxygens (including phenoxy) is 3. The summed E-state index contributed by atoms with van der Waals surface area (Å²) in [6.07, 6.45) is -0.327. The van der Waals surface area contributed by atoms with Crippen LogP contribution in [0.2, 0.25) is 0 Å². The van der Waals surface area contributed by atoms with Gasteiger partial charge in [0, 0.05) is 11.8 Å². The maximum Gasteiger partial charge on any atom is 0.188 e. The van der Waals surface area contributed by atoms with Crippen LogP contribution in [0, 0.1) is 5.41 Å². The average molecular weight is 228 g/mol. The molecule has 4 atom stereocenters. The predicted molar refractivity (Wildman–Crippen MR) is 55.2 cm³/mol. The maximum atomic E-state index is 13.6. The zero-order chi connectivity index (χ0) is 11.7. The Morgan fingerprint density at radius 3 is 2.62 bits per heavy atom. The predicted octanol–water partition coefficient (Wildman–Crippen LogP) is 2.52. The lowest BCUT2D eigenvalue weighted by Gasteiger charge is -2.30. The van der Waals surface area contributed by atoms with Crippen molar-refractivity contribution in [2.45, 2.75) is 58.4 Å². The first-order chi connectivity index (χ1) is 7.33. The number of fused-ring (bicyclic) bond motifs is 3. The molecule has 0 amide bonds. The SMILES string of the molecule is CC1=C(F)C[C@@]2(C)[C@@H]1O[C@@H]1OC(C)(C)O[C@@H]12. The number of allylic oxidation sites excluding steroid dienone is 1. The van der Waals surface area contributed by atoms with Gasteiger partial charge in [0.05, 0.1) is 6.10 Å². The van der Waals surface area contributed by atoms with Gasteiger partial charge >= 0.3 is 0 Å². The largest absolute Gasteiger partial charge is 0.341 e. The van der Waals surface area contributed by atoms with Gasteiger partial charge in [-0.15, -0.1) is 0 Å². The average Bonchev–Trinajstić information content (AvgIpc) is 2.65. The molecule has 0 aromatic rings. The Bertz CT molecular complexity index is 376. The molecule has 0 N–H and O–H groups in total. The second kappa shape index (κ2) is 2.86. The lowest BCUT2D eigenvalue weighted by atomic mass is 9.80. The summed E-state index contributed by atoms with van der Waals surface area (Å²) in [6.45, 7) is 7.53. The van der Waals surface area contributed by atoms with Gasteiger partial charge in [0.1, 0.15) is 11.9 Å². The molecule has 0 saturated carbocycles. The van der Waals surface area contributed by atoms with Crippen molar-refractivity contribution < 1.29 is 18.6 Å². The Morgan fingerprint density at radius 1 is 1.25 bits per heavy atom. The minimum Gasteiger partial charge on any atom is -0.341 e. The number of hydrogen-bond acceptors (Lipinski definition) is 3. The highest BCUT2D eigenvalue weighted by Crippen LogP contribution is 2.56. The van der Waals surface area contributed by atoms with E-state index in [9.17, 15) is 4.39 Å². The normalized spacial score (nSPS) is 49.7. The number of rotatable bonds is 0. The molecule has 0 aromatic heterocycles. The summed E-state index contributed by atoms with van der Waals surface area (Å²) < 4.78 is 30.9. The van der Waals surface area contributed by atoms with E-state index in [1.54, 1.807) is 6.92 Å². The highest BCUT2D eigenvalue weighted by molar-refractivity contribution is 5.28. The van der Waals surface area contributed by atoms with Crippen molar-refractivity contribution in [3.63, 3.8) is 0 Å². The van der Waals surface area contributed by atoms with Crippen LogP contribution in [0.25, 0.3) is 0 Å². The van der Waals surface area contributed by atoms with E-state index in [4.69, 9.17) is 14.2 Å². The molecular weight excluding hydrogens is 211 g/mol. The van der Waals surface area contributed by atoms with Crippen molar-refractivity contribution in [3.8, 4) is 0 Å². The summed E-state index contributed by atoms with van der Waals surface area (Å²) in [6, 6.07) is 0. The van der Waals surface area contributed by atoms with Crippen molar-refractivity contribution in [3.05, 3.63) is 11.4 Å². The van der Waals surface area contributed by atoms with Crippen LogP contribution >= 0.6 is 0 Å². The van der Waals surface area contributed by atoms with Gasteiger partial charge in [-0.3, -0.25) is 0 Å². The van der Waals surface area contributed by atoms with Crippen molar-refractivity contribution in [2.24, 2.45) is 5.41 Å². The van der Waals surface area contributed by atoms with Crippen molar-refractivity contribution in [2.75, 3.05) is 0 Å². The van der Waals surface area contributed by atoms with E-state index < -0.39 is 5.79 Å². The maximum absolute atomic E-state index is 13.6. The molecule has 90 valence electrons. The summed E-state index contributed by atoms with van der Waals surface area (Å²) in [5.41, 5.74) is 0.383. The zero-order valence-corrected chi connectivity index (χ0v) is 10.0. The molecule has 3 aliphatic rings. The minimum atomic E-state index is -0.629. The highest BCUT2D eigenvalue weighted by Gasteiger charge is 2.64. The molecule has 2 saturated heterocycles. The zero-order valence-electron chi connectivity index (χ0n) is 10.0. The fraction of sp³-hybridized carbons (Fsp3) is 0.833. The Labute approximate surface area is 94.6 Å². The van der Waals surface area contributed by atoms with Crippen LogP contribution in [0.15, 0.2) is 11.4 Å². The summed E-state index contributed by atoms with van der Waals surface area (Å²) >= 11 is 0. The Balaban J connectivity index is 1.93. The fourth-order valence-corrected chi connectivity index (χ4v) is 3.12. The summed E-state index contributed by atoms with van der Waals surface area (Å²) in [5, 5.41) is 0. The molecule has 2 fully saturated rings. The third-order valence-electron chi connectivity index (χ3n) is 3.93. The number of hydrogen-bond donors (Lipinski definition) is 0. The van der Waals surface area contributed by atoms with E-state index >= 15 is 0 Å². The fourth-order valence-electron chi connectivity index (χ4n) is 3.12. The highest BCUT2D eigenvalue weighted by atomic mass is 19.1. The van der Waals surface area contributed by atoms with E-state index in [1.807, 2.05) is 20.8 Å². The molecular formula is C12H17FO3. The monoisotopic (exact) mass is 228 g/mol. The molecule has 0 spiro atoms. The molecule has 0 bridgehead atoms. The van der Waals surface area contributed by atoms with Crippen LogP contribution in [-0.2, 0) is 14.2 Å². The van der Waals surface area contributed by atoms with Crippen LogP contribution in [0.3, 0.4) is 0 Å². The molecule has 2 heterocycles. The van der Waals surface area contributed by atoms with E-state index in [0.29, 0.717) is 12.0 Å². The quantitative estimate of drug-likeness (QED) is 0.637. The lowest BCUT2D eigenvalue weighted by Crippen LogP contribution is -2.37. The topological polar surface area (TPSA) is 27.7 Å². The van der Waals surface area contributed by atoms with Gasteiger partial charge in [-0.05, 0) is 26.3 Å². The van der Waals surface area contributed by atoms with Crippen LogP contribution in [-0.4, -0.2) is 24.3 Å². The third kappa shape index (κ3) is 1.18. The first kappa shape index (κ1) is 10.7. The Hall–Kier alpha value is -0.450. The smallest absolute Gasteiger partial charge is 0.188 e. The van der Waals surface area contributed by atoms with Crippen molar-refractivity contribution in [1.82, 2.24) is 0 Å². The molecule has 1 aliphatic carbocycles. The van der Waals surface area contributed by atoms with Gasteiger partial charge in [-0.25, -0.2) is 4.39 Å². The lowest BCUT2D eigenvalue weighted by molar-refractivity contribution is -0.211. The van der Waals surface area contributed by atoms with Gasteiger partial charge in [0.15, 0.2) is 12.1 Å². The van der Waals surface area contributed by atoms with Crippen molar-refractivity contribution >= 4 is 0 Å². The van der Waals surface area contributed by atoms with Gasteiger partial charge in [0.25, 0.3) is 0 Å². The second-order valence-electron chi connectivity index (χ2n) is 5.71. The first-order valence-electron chi connectivity index (χ1n) is 5.70. The van der Waals surface area contributed by atoms with Crippen LogP contribution in [0.1, 0.15) is 34.1 Å². The molecule has 0 unspecified atom stereocenters. The minimum absolute atomic E-state index is 0.0562. The Morgan fingerprint density at radius 2 is 1.94 bits per heavy atom. The van der Waals surface area contributed by atoms with E-state index in [1.165, 1.54) is 0 Å². The van der Waals surface area contributed by atoms with Crippen molar-refractivity contribution in [1.29, 1.82) is 0 Å². The third-order valence-corrected chi connectivity index (χ3v) is 3.93. The van der Waals surface area contributed by atoms with E-state index in [2.05, 4.69) is 0 Å². The van der Waals surface area contributed by atoms with Crippen LogP contribution in [0.4, 0.5) is 4.39 Å². The van der Waals surface area contributed by atoms with Gasteiger partial charge in [-0.1, -0.05) is 6.92 Å². The molecule has 4 heteroatoms. The molecule has 3 rings (SSSR count). The standard InChI is InChI=1S/C12H17FO3/c1-6-7(13)5-12(4)8(6)14-10-9(12)15-11(2,3)16-10/h8-10H,5H2,1-4H3/t8-,9+,10-,12+/m1/s1. The summed E-state index contributed by atoms with van der Waals surface area (Å²) in [5.74, 6) is -0.685. The van der Waals surface area contributed by atoms with E-state index in [-0.39, 0.29) is 29.7 Å². The molecule has 3 nitrogen and oxygen atoms in total. The molecule has 0 radical (unpaired) electrons. The van der Waals surface area contributed by atoms with Gasteiger partial charge in [-0.2, -0.15) is 0 Å². The summed E-state index contributed by atoms with van der Waals surface area (Å²) in [4.78, 5) is 0. The molecule has 2 aliphatic heterocycles. The van der Waals surface area contributed by atoms with Crippen LogP contribution < -0.4 is 0 Å². The van der Waals surface area contributed by atoms with Gasteiger partial charge < -0.3 is 14.2 Å². The molecule has 0 aromatic carbocycles. The summed E-state index contributed by atoms with van der Waals surface area (Å²) in [7, 11) is 0. The Kier molecular flexibility index (Phi) is 1.91. The number of halogens is 1. The second-order valence-corrected chi connectivity index (χ2v) is 5.71. The van der Waals surface area contributed by atoms with E-state index in [0.717, 1.165) is 0 Å². The molecule has 16 heavy (non-hydrogen) atoms. The van der Waals surface area contributed by atoms with Crippen LogP contribution in [0.5, 0.6) is 0 Å². The van der Waals surface area contributed by atoms with Gasteiger partial charge in [0.2, 0.25) is 0 Å².